The van der Waals surface area contributed by atoms with Crippen molar-refractivity contribution in [3.8, 4) is 0 Å². The summed E-state index contributed by atoms with van der Waals surface area (Å²) in [5, 5.41) is 0. The number of halogens is 2. The van der Waals surface area contributed by atoms with Crippen molar-refractivity contribution in [2.45, 2.75) is 102 Å². The number of ketones is 2. The molecule has 0 heterocycles. The first-order valence-electron chi connectivity index (χ1n) is 12.1. The Hall–Kier alpha value is 0.450. The number of carbonyl (C=O) groups is 2. The van der Waals surface area contributed by atoms with Crippen molar-refractivity contribution in [2.24, 2.45) is 22.7 Å². The number of hydrogen-bond acceptors (Lipinski definition) is 5. The molecule has 2 rings (SSSR count). The van der Waals surface area contributed by atoms with Crippen molar-refractivity contribution in [3.05, 3.63) is 0 Å². The third-order valence-corrected chi connectivity index (χ3v) is 10.5. The molecular weight excluding hydrogens is 559 g/mol. The predicted molar refractivity (Wildman–Crippen MR) is 137 cm³/mol. The largest absolute Gasteiger partial charge is 0.319 e. The Morgan fingerprint density at radius 3 is 1.50 bits per heavy atom. The van der Waals surface area contributed by atoms with Gasteiger partial charge in [0.1, 0.15) is 11.6 Å². The molecule has 2 fully saturated rings. The van der Waals surface area contributed by atoms with Gasteiger partial charge >= 0.3 is 8.25 Å². The van der Waals surface area contributed by atoms with Crippen LogP contribution in [-0.2, 0) is 23.2 Å². The highest BCUT2D eigenvalue weighted by atomic mass is 79.9. The van der Waals surface area contributed by atoms with Crippen LogP contribution in [-0.4, -0.2) is 34.4 Å². The third kappa shape index (κ3) is 8.91. The normalized spacial score (nSPS) is 28.7. The summed E-state index contributed by atoms with van der Waals surface area (Å²) < 4.78 is 23.0. The number of alkyl halides is 2. The average Bonchev–Trinajstić information content (AvgIpc) is 2.72. The van der Waals surface area contributed by atoms with E-state index in [0.29, 0.717) is 49.5 Å². The summed E-state index contributed by atoms with van der Waals surface area (Å²) in [6.07, 6.45) is 8.75. The second-order valence-electron chi connectivity index (χ2n) is 11.0. The highest BCUT2D eigenvalue weighted by Gasteiger charge is 2.37. The third-order valence-electron chi connectivity index (χ3n) is 7.71. The SMILES string of the molecule is CC(C)(CCCO[PH](=O)OCCCC(C)(C)C1CCC(Br)C(=O)C1)C1CCC(Br)C(=O)C1. The van der Waals surface area contributed by atoms with Gasteiger partial charge in [0.05, 0.1) is 22.9 Å². The molecule has 0 aromatic rings. The first-order valence-corrected chi connectivity index (χ1v) is 15.1. The maximum atomic E-state index is 12.1. The van der Waals surface area contributed by atoms with Gasteiger partial charge in [-0.25, -0.2) is 0 Å². The highest BCUT2D eigenvalue weighted by molar-refractivity contribution is 9.10. The number of rotatable bonds is 12. The number of carbonyl (C=O) groups excluding carboxylic acids is 2. The lowest BCUT2D eigenvalue weighted by molar-refractivity contribution is -0.123. The molecule has 2 aliphatic rings. The van der Waals surface area contributed by atoms with Crippen LogP contribution in [0.1, 0.15) is 91.9 Å². The molecule has 0 aliphatic heterocycles. The quantitative estimate of drug-likeness (QED) is 0.134. The average molecular weight is 600 g/mol. The van der Waals surface area contributed by atoms with Crippen LogP contribution in [0.2, 0.25) is 0 Å². The topological polar surface area (TPSA) is 69.7 Å². The molecule has 2 aliphatic carbocycles. The summed E-state index contributed by atoms with van der Waals surface area (Å²) in [5.41, 5.74) is 0.146. The van der Waals surface area contributed by atoms with E-state index in [0.717, 1.165) is 51.4 Å². The molecule has 0 bridgehead atoms. The predicted octanol–water partition coefficient (Wildman–Crippen LogP) is 7.29. The van der Waals surface area contributed by atoms with Crippen LogP contribution in [0.3, 0.4) is 0 Å². The number of Topliss-reactive ketones (excluding diaryl/α,β-unsaturated/α-hetero) is 2. The molecule has 0 amide bonds. The van der Waals surface area contributed by atoms with E-state index in [-0.39, 0.29) is 20.5 Å². The van der Waals surface area contributed by atoms with Crippen molar-refractivity contribution in [2.75, 3.05) is 13.2 Å². The summed E-state index contributed by atoms with van der Waals surface area (Å²) in [7, 11) is -2.48. The van der Waals surface area contributed by atoms with E-state index in [4.69, 9.17) is 9.05 Å². The van der Waals surface area contributed by atoms with Crippen molar-refractivity contribution in [1.82, 2.24) is 0 Å². The van der Waals surface area contributed by atoms with Crippen LogP contribution >= 0.6 is 40.1 Å². The van der Waals surface area contributed by atoms with E-state index < -0.39 is 8.25 Å². The van der Waals surface area contributed by atoms with Gasteiger partial charge in [-0.3, -0.25) is 14.2 Å². The van der Waals surface area contributed by atoms with E-state index in [1.54, 1.807) is 0 Å². The van der Waals surface area contributed by atoms with Crippen LogP contribution < -0.4 is 0 Å². The van der Waals surface area contributed by atoms with Crippen LogP contribution in [0.15, 0.2) is 0 Å². The zero-order valence-corrected chi connectivity index (χ0v) is 24.3. The van der Waals surface area contributed by atoms with Crippen molar-refractivity contribution < 1.29 is 23.2 Å². The minimum Gasteiger partial charge on any atom is -0.311 e. The Morgan fingerprint density at radius 1 is 0.781 bits per heavy atom. The first-order chi connectivity index (χ1) is 14.9. The lowest BCUT2D eigenvalue weighted by atomic mass is 9.68. The van der Waals surface area contributed by atoms with Crippen molar-refractivity contribution in [1.29, 1.82) is 0 Å². The van der Waals surface area contributed by atoms with Gasteiger partial charge in [-0.1, -0.05) is 59.6 Å². The molecule has 32 heavy (non-hydrogen) atoms. The fourth-order valence-corrected chi connectivity index (χ4v) is 6.72. The van der Waals surface area contributed by atoms with Gasteiger partial charge < -0.3 is 9.05 Å². The van der Waals surface area contributed by atoms with Gasteiger partial charge in [-0.15, -0.1) is 0 Å². The zero-order chi connectivity index (χ0) is 23.9. The summed E-state index contributed by atoms with van der Waals surface area (Å²) >= 11 is 6.92. The number of hydrogen-bond donors (Lipinski definition) is 0. The lowest BCUT2D eigenvalue weighted by Gasteiger charge is -2.38. The summed E-state index contributed by atoms with van der Waals surface area (Å²) in [6.45, 7) is 9.73. The fraction of sp³-hybridized carbons (Fsp3) is 0.917. The van der Waals surface area contributed by atoms with Gasteiger partial charge in [0.15, 0.2) is 0 Å². The first kappa shape index (κ1) is 28.7. The van der Waals surface area contributed by atoms with Gasteiger partial charge in [0.2, 0.25) is 0 Å². The molecular formula is C24H41Br2O5P. The molecule has 4 unspecified atom stereocenters. The lowest BCUT2D eigenvalue weighted by Crippen LogP contribution is -2.34. The van der Waals surface area contributed by atoms with E-state index in [2.05, 4.69) is 59.6 Å². The second-order valence-corrected chi connectivity index (χ2v) is 14.2. The maximum absolute atomic E-state index is 12.1. The maximum Gasteiger partial charge on any atom is 0.319 e. The van der Waals surface area contributed by atoms with Gasteiger partial charge in [0.25, 0.3) is 0 Å². The molecule has 0 spiro atoms. The minimum atomic E-state index is -2.48. The summed E-state index contributed by atoms with van der Waals surface area (Å²) in [5.74, 6) is 1.44. The monoisotopic (exact) mass is 598 g/mol. The van der Waals surface area contributed by atoms with E-state index in [9.17, 15) is 14.2 Å². The molecule has 186 valence electrons. The van der Waals surface area contributed by atoms with Crippen LogP contribution in [0.4, 0.5) is 0 Å². The standard InChI is InChI=1S/C24H41Br2O5P/c1-23(2,17-7-9-19(25)21(27)15-17)11-5-13-30-32(29)31-14-6-12-24(3,4)18-8-10-20(26)22(28)16-18/h17-20,32H,5-16H2,1-4H3. The molecule has 0 N–H and O–H groups in total. The van der Waals surface area contributed by atoms with Gasteiger partial charge in [-0.2, -0.15) is 0 Å². The Labute approximate surface area is 211 Å². The molecule has 0 saturated heterocycles. The van der Waals surface area contributed by atoms with E-state index in [1.807, 2.05) is 0 Å². The summed E-state index contributed by atoms with van der Waals surface area (Å²) in [4.78, 5) is 24.1. The smallest absolute Gasteiger partial charge is 0.311 e. The van der Waals surface area contributed by atoms with Crippen LogP contribution in [0, 0.1) is 22.7 Å². The Morgan fingerprint density at radius 2 is 1.16 bits per heavy atom. The van der Waals surface area contributed by atoms with E-state index >= 15 is 0 Å². The van der Waals surface area contributed by atoms with Gasteiger partial charge in [-0.05, 0) is 74.0 Å². The Kier molecular flexibility index (Phi) is 11.6. The van der Waals surface area contributed by atoms with Crippen molar-refractivity contribution in [3.63, 3.8) is 0 Å². The van der Waals surface area contributed by atoms with Crippen molar-refractivity contribution >= 4 is 51.7 Å². The molecule has 0 aromatic heterocycles. The Bertz CT molecular complexity index is 613. The van der Waals surface area contributed by atoms with Gasteiger partial charge in [0, 0.05) is 12.8 Å². The molecule has 4 atom stereocenters. The second kappa shape index (κ2) is 13.0. The molecule has 5 nitrogen and oxygen atoms in total. The van der Waals surface area contributed by atoms with Crippen LogP contribution in [0.5, 0.6) is 0 Å². The fourth-order valence-electron chi connectivity index (χ4n) is 5.11. The molecule has 0 aromatic carbocycles. The molecule has 0 radical (unpaired) electrons. The Balaban J connectivity index is 1.58. The highest BCUT2D eigenvalue weighted by Crippen LogP contribution is 2.43. The zero-order valence-electron chi connectivity index (χ0n) is 20.1. The molecule has 8 heteroatoms. The molecule has 2 saturated carbocycles. The minimum absolute atomic E-state index is 0.0260. The summed E-state index contributed by atoms with van der Waals surface area (Å²) in [6, 6.07) is 0. The van der Waals surface area contributed by atoms with Crippen LogP contribution in [0.25, 0.3) is 0 Å². The van der Waals surface area contributed by atoms with E-state index in [1.165, 1.54) is 0 Å².